The molecule has 1 aromatic rings. The van der Waals surface area contributed by atoms with Crippen molar-refractivity contribution < 1.29 is 5.11 Å². The molecule has 2 heterocycles. The van der Waals surface area contributed by atoms with Crippen molar-refractivity contribution in [3.05, 3.63) is 16.4 Å². The number of hydrogen-bond donors (Lipinski definition) is 2. The van der Waals surface area contributed by atoms with Crippen molar-refractivity contribution in [2.24, 2.45) is 0 Å². The van der Waals surface area contributed by atoms with Crippen LogP contribution < -0.4 is 5.32 Å². The average molecular weight is 202 g/mol. The van der Waals surface area contributed by atoms with Crippen LogP contribution in [0.1, 0.15) is 11.3 Å². The first-order chi connectivity index (χ1) is 6.33. The molecule has 0 saturated carbocycles. The molecule has 2 rings (SSSR count). The molecule has 2 N–H and O–H groups in total. The van der Waals surface area contributed by atoms with Gasteiger partial charge in [-0.1, -0.05) is 11.6 Å². The monoisotopic (exact) mass is 201 g/mol. The second kappa shape index (κ2) is 3.65. The van der Waals surface area contributed by atoms with Crippen LogP contribution in [0.5, 0.6) is 0 Å². The highest BCUT2D eigenvalue weighted by Gasteiger charge is 2.18. The first-order valence-corrected chi connectivity index (χ1v) is 4.76. The van der Waals surface area contributed by atoms with Crippen molar-refractivity contribution >= 4 is 11.6 Å². The van der Waals surface area contributed by atoms with Crippen LogP contribution in [0, 0.1) is 0 Å². The molecule has 1 aliphatic rings. The normalized spacial score (nSPS) is 15.8. The minimum absolute atomic E-state index is 0.109. The van der Waals surface area contributed by atoms with E-state index in [9.17, 15) is 0 Å². The summed E-state index contributed by atoms with van der Waals surface area (Å²) in [6, 6.07) is 0. The Morgan fingerprint density at radius 1 is 1.62 bits per heavy atom. The first kappa shape index (κ1) is 8.99. The lowest BCUT2D eigenvalue weighted by atomic mass is 10.1. The predicted molar refractivity (Wildman–Crippen MR) is 49.7 cm³/mol. The summed E-state index contributed by atoms with van der Waals surface area (Å²) in [5, 5.41) is 16.8. The molecule has 72 valence electrons. The van der Waals surface area contributed by atoms with Crippen molar-refractivity contribution in [2.75, 3.05) is 13.2 Å². The Morgan fingerprint density at radius 2 is 2.46 bits per heavy atom. The van der Waals surface area contributed by atoms with E-state index < -0.39 is 0 Å². The van der Waals surface area contributed by atoms with Gasteiger partial charge in [-0.25, -0.2) is 0 Å². The van der Waals surface area contributed by atoms with Crippen molar-refractivity contribution in [2.45, 2.75) is 19.5 Å². The van der Waals surface area contributed by atoms with Gasteiger partial charge in [0.05, 0.1) is 13.2 Å². The van der Waals surface area contributed by atoms with Gasteiger partial charge in [0.15, 0.2) is 5.15 Å². The van der Waals surface area contributed by atoms with E-state index in [1.807, 2.05) is 0 Å². The number of halogens is 1. The quantitative estimate of drug-likeness (QED) is 0.718. The summed E-state index contributed by atoms with van der Waals surface area (Å²) in [6.45, 7) is 2.40. The van der Waals surface area contributed by atoms with Gasteiger partial charge in [0, 0.05) is 30.8 Å². The molecule has 1 aliphatic heterocycles. The molecule has 5 heteroatoms. The fraction of sp³-hybridized carbons (Fsp3) is 0.625. The third-order valence-corrected chi connectivity index (χ3v) is 2.57. The van der Waals surface area contributed by atoms with E-state index in [1.54, 1.807) is 4.68 Å². The highest BCUT2D eigenvalue weighted by Crippen LogP contribution is 2.21. The predicted octanol–water partition coefficient (Wildman–Crippen LogP) is 0.174. The minimum Gasteiger partial charge on any atom is -0.394 e. The number of fused-ring (bicyclic) bond motifs is 1. The zero-order chi connectivity index (χ0) is 9.26. The van der Waals surface area contributed by atoms with Crippen LogP contribution >= 0.6 is 11.6 Å². The van der Waals surface area contributed by atoms with Crippen molar-refractivity contribution in [3.8, 4) is 0 Å². The van der Waals surface area contributed by atoms with Gasteiger partial charge in [-0.05, 0) is 0 Å². The molecular formula is C8H12ClN3O. The van der Waals surface area contributed by atoms with E-state index in [2.05, 4.69) is 10.4 Å². The summed E-state index contributed by atoms with van der Waals surface area (Å²) in [7, 11) is 0. The molecule has 0 aliphatic carbocycles. The Balaban J connectivity index is 2.36. The molecule has 0 atom stereocenters. The van der Waals surface area contributed by atoms with Gasteiger partial charge in [0.2, 0.25) is 0 Å². The molecule has 0 amide bonds. The fourth-order valence-electron chi connectivity index (χ4n) is 1.66. The number of nitrogens with zero attached hydrogens (tertiary/aromatic N) is 2. The summed E-state index contributed by atoms with van der Waals surface area (Å²) in [5.74, 6) is 0. The molecule has 1 aromatic heterocycles. The SMILES string of the molecule is OCCn1nc(Cl)c2c1CCNC2. The van der Waals surface area contributed by atoms with E-state index in [-0.39, 0.29) is 6.61 Å². The van der Waals surface area contributed by atoms with Crippen LogP contribution in [-0.4, -0.2) is 28.0 Å². The van der Waals surface area contributed by atoms with Gasteiger partial charge in [-0.15, -0.1) is 0 Å². The van der Waals surface area contributed by atoms with E-state index in [1.165, 1.54) is 0 Å². The third-order valence-electron chi connectivity index (χ3n) is 2.27. The Kier molecular flexibility index (Phi) is 2.53. The van der Waals surface area contributed by atoms with Crippen molar-refractivity contribution in [1.82, 2.24) is 15.1 Å². The standard InChI is InChI=1S/C8H12ClN3O/c9-8-6-5-10-2-1-7(6)12(11-8)3-4-13/h10,13H,1-5H2. The molecule has 0 radical (unpaired) electrons. The zero-order valence-electron chi connectivity index (χ0n) is 7.26. The lowest BCUT2D eigenvalue weighted by Gasteiger charge is -2.14. The second-order valence-corrected chi connectivity index (χ2v) is 3.45. The summed E-state index contributed by atoms with van der Waals surface area (Å²) < 4.78 is 1.80. The largest absolute Gasteiger partial charge is 0.394 e. The number of nitrogens with one attached hydrogen (secondary N) is 1. The number of aliphatic hydroxyl groups excluding tert-OH is 1. The number of rotatable bonds is 2. The molecule has 0 fully saturated rings. The van der Waals surface area contributed by atoms with Crippen LogP contribution in [0.2, 0.25) is 5.15 Å². The van der Waals surface area contributed by atoms with Gasteiger partial charge in [0.25, 0.3) is 0 Å². The van der Waals surface area contributed by atoms with Gasteiger partial charge < -0.3 is 10.4 Å². The Labute approximate surface area is 81.5 Å². The summed E-state index contributed by atoms with van der Waals surface area (Å²) in [6.07, 6.45) is 0.940. The maximum absolute atomic E-state index is 8.81. The lowest BCUT2D eigenvalue weighted by Crippen LogP contribution is -2.25. The molecular weight excluding hydrogens is 190 g/mol. The molecule has 0 spiro atoms. The summed E-state index contributed by atoms with van der Waals surface area (Å²) >= 11 is 5.95. The van der Waals surface area contributed by atoms with Crippen LogP contribution in [0.3, 0.4) is 0 Å². The zero-order valence-corrected chi connectivity index (χ0v) is 8.01. The van der Waals surface area contributed by atoms with Crippen LogP contribution in [0.25, 0.3) is 0 Å². The van der Waals surface area contributed by atoms with Gasteiger partial charge >= 0.3 is 0 Å². The summed E-state index contributed by atoms with van der Waals surface area (Å²) in [4.78, 5) is 0. The number of hydrogen-bond acceptors (Lipinski definition) is 3. The highest BCUT2D eigenvalue weighted by molar-refractivity contribution is 6.30. The van der Waals surface area contributed by atoms with Crippen molar-refractivity contribution in [3.63, 3.8) is 0 Å². The highest BCUT2D eigenvalue weighted by atomic mass is 35.5. The minimum atomic E-state index is 0.109. The Morgan fingerprint density at radius 3 is 3.23 bits per heavy atom. The second-order valence-electron chi connectivity index (χ2n) is 3.09. The number of aliphatic hydroxyl groups is 1. The van der Waals surface area contributed by atoms with E-state index in [0.29, 0.717) is 11.7 Å². The molecule has 0 aromatic carbocycles. The van der Waals surface area contributed by atoms with Crippen molar-refractivity contribution in [1.29, 1.82) is 0 Å². The van der Waals surface area contributed by atoms with Crippen LogP contribution in [-0.2, 0) is 19.5 Å². The van der Waals surface area contributed by atoms with Gasteiger partial charge in [-0.2, -0.15) is 5.10 Å². The van der Waals surface area contributed by atoms with Gasteiger partial charge in [-0.3, -0.25) is 4.68 Å². The average Bonchev–Trinajstić information content (AvgIpc) is 2.46. The fourth-order valence-corrected chi connectivity index (χ4v) is 1.92. The van der Waals surface area contributed by atoms with E-state index >= 15 is 0 Å². The number of aromatic nitrogens is 2. The molecule has 13 heavy (non-hydrogen) atoms. The molecule has 0 unspecified atom stereocenters. The van der Waals surface area contributed by atoms with Crippen LogP contribution in [0.15, 0.2) is 0 Å². The topological polar surface area (TPSA) is 50.1 Å². The molecule has 0 bridgehead atoms. The van der Waals surface area contributed by atoms with Crippen LogP contribution in [0.4, 0.5) is 0 Å². The third kappa shape index (κ3) is 1.57. The van der Waals surface area contributed by atoms with E-state index in [0.717, 1.165) is 30.8 Å². The lowest BCUT2D eigenvalue weighted by molar-refractivity contribution is 0.267. The van der Waals surface area contributed by atoms with E-state index in [4.69, 9.17) is 16.7 Å². The Bertz CT molecular complexity index is 311. The maximum Gasteiger partial charge on any atom is 0.155 e. The Hall–Kier alpha value is -0.580. The smallest absolute Gasteiger partial charge is 0.155 e. The molecule has 4 nitrogen and oxygen atoms in total. The van der Waals surface area contributed by atoms with Gasteiger partial charge in [0.1, 0.15) is 0 Å². The molecule has 0 saturated heterocycles. The maximum atomic E-state index is 8.81. The first-order valence-electron chi connectivity index (χ1n) is 4.38. The summed E-state index contributed by atoms with van der Waals surface area (Å²) in [5.41, 5.74) is 2.25.